The Balaban J connectivity index is 1.62. The van der Waals surface area contributed by atoms with Gasteiger partial charge >= 0.3 is 12.2 Å². The summed E-state index contributed by atoms with van der Waals surface area (Å²) in [5, 5.41) is 0. The first-order chi connectivity index (χ1) is 15.3. The third-order valence-electron chi connectivity index (χ3n) is 4.87. The van der Waals surface area contributed by atoms with Gasteiger partial charge in [-0.15, -0.1) is 0 Å². The summed E-state index contributed by atoms with van der Waals surface area (Å²) in [6, 6.07) is 8.35. The van der Waals surface area contributed by atoms with Crippen LogP contribution in [0.25, 0.3) is 0 Å². The summed E-state index contributed by atoms with van der Waals surface area (Å²) in [7, 11) is 0. The summed E-state index contributed by atoms with van der Waals surface area (Å²) in [6.45, 7) is 1.50. The van der Waals surface area contributed by atoms with Gasteiger partial charge in [-0.25, -0.2) is 9.69 Å². The number of ether oxygens (including phenoxy) is 1. The van der Waals surface area contributed by atoms with Crippen LogP contribution in [0.2, 0.25) is 0 Å². The zero-order valence-electron chi connectivity index (χ0n) is 16.8. The Bertz CT molecular complexity index is 1170. The highest BCUT2D eigenvalue weighted by molar-refractivity contribution is 6.26. The third kappa shape index (κ3) is 4.11. The molecule has 1 aliphatic rings. The maximum atomic E-state index is 13.0. The molecule has 32 heavy (non-hydrogen) atoms. The summed E-state index contributed by atoms with van der Waals surface area (Å²) >= 11 is 0. The molecule has 0 N–H and O–H groups in total. The van der Waals surface area contributed by atoms with Gasteiger partial charge in [0.25, 0.3) is 5.91 Å². The Labute approximate surface area is 181 Å². The molecule has 0 spiro atoms. The zero-order chi connectivity index (χ0) is 22.9. The number of hydrogen-bond donors (Lipinski definition) is 0. The molecule has 0 radical (unpaired) electrons. The average molecular weight is 442 g/mol. The Hall–Kier alpha value is -3.95. The highest BCUT2D eigenvalue weighted by Crippen LogP contribution is 2.34. The Morgan fingerprint density at radius 2 is 1.84 bits per heavy atom. The number of hydrogen-bond acceptors (Lipinski definition) is 5. The molecule has 2 aromatic heterocycles. The number of nitrogens with zero attached hydrogens (tertiary/aromatic N) is 4. The van der Waals surface area contributed by atoms with E-state index < -0.39 is 30.2 Å². The highest BCUT2D eigenvalue weighted by atomic mass is 19.4. The van der Waals surface area contributed by atoms with Gasteiger partial charge in [-0.3, -0.25) is 19.7 Å². The van der Waals surface area contributed by atoms with E-state index in [0.717, 1.165) is 27.6 Å². The van der Waals surface area contributed by atoms with Gasteiger partial charge in [0, 0.05) is 12.4 Å². The normalized spacial score (nSPS) is 14.2. The number of carbonyl (C=O) groups is 2. The van der Waals surface area contributed by atoms with E-state index in [1.54, 1.807) is 42.7 Å². The molecule has 1 fully saturated rings. The molecule has 0 unspecified atom stereocenters. The van der Waals surface area contributed by atoms with Gasteiger partial charge in [0.15, 0.2) is 0 Å². The van der Waals surface area contributed by atoms with Gasteiger partial charge < -0.3 is 4.74 Å². The van der Waals surface area contributed by atoms with Crippen LogP contribution in [0.15, 0.2) is 61.2 Å². The number of carbonyl (C=O) groups excluding carboxylic acids is 2. The number of anilines is 2. The molecule has 3 heterocycles. The van der Waals surface area contributed by atoms with Crippen LogP contribution in [-0.4, -0.2) is 28.5 Å². The van der Waals surface area contributed by atoms with E-state index >= 15 is 0 Å². The van der Waals surface area contributed by atoms with Crippen molar-refractivity contribution in [3.63, 3.8) is 0 Å². The monoisotopic (exact) mass is 442 g/mol. The molecule has 0 bridgehead atoms. The van der Waals surface area contributed by atoms with E-state index in [0.29, 0.717) is 29.8 Å². The van der Waals surface area contributed by atoms with E-state index in [1.165, 1.54) is 0 Å². The molecule has 7 nitrogen and oxygen atoms in total. The largest absolute Gasteiger partial charge is 0.455 e. The summed E-state index contributed by atoms with van der Waals surface area (Å²) in [5.41, 5.74) is -0.0595. The van der Waals surface area contributed by atoms with Crippen molar-refractivity contribution in [2.45, 2.75) is 19.5 Å². The first-order valence-electron chi connectivity index (χ1n) is 9.65. The van der Waals surface area contributed by atoms with Crippen molar-refractivity contribution in [2.75, 3.05) is 16.3 Å². The van der Waals surface area contributed by atoms with Crippen LogP contribution in [0.5, 0.6) is 11.5 Å². The number of rotatable bonds is 5. The minimum Gasteiger partial charge on any atom is -0.455 e. The van der Waals surface area contributed by atoms with Gasteiger partial charge in [-0.1, -0.05) is 6.92 Å². The number of benzene rings is 1. The maximum absolute atomic E-state index is 13.0. The lowest BCUT2D eigenvalue weighted by Crippen LogP contribution is -2.33. The number of pyridine rings is 2. The highest BCUT2D eigenvalue weighted by Gasteiger charge is 2.39. The minimum absolute atomic E-state index is 0.104. The fourth-order valence-corrected chi connectivity index (χ4v) is 3.30. The van der Waals surface area contributed by atoms with Gasteiger partial charge in [0.2, 0.25) is 0 Å². The number of halogens is 3. The number of aryl methyl sites for hydroxylation is 1. The topological polar surface area (TPSA) is 75.6 Å². The van der Waals surface area contributed by atoms with Crippen molar-refractivity contribution in [2.24, 2.45) is 0 Å². The molecule has 3 amide bonds. The van der Waals surface area contributed by atoms with Crippen LogP contribution in [0.1, 0.15) is 18.1 Å². The van der Waals surface area contributed by atoms with Crippen LogP contribution in [-0.2, 0) is 17.4 Å². The fraction of sp³-hybridized carbons (Fsp3) is 0.182. The smallest absolute Gasteiger partial charge is 0.417 e. The summed E-state index contributed by atoms with van der Waals surface area (Å²) in [6.07, 6.45) is 0.899. The van der Waals surface area contributed by atoms with Crippen LogP contribution in [0.4, 0.5) is 29.3 Å². The van der Waals surface area contributed by atoms with Crippen molar-refractivity contribution < 1.29 is 27.5 Å². The molecule has 1 aromatic carbocycles. The predicted molar refractivity (Wildman–Crippen MR) is 110 cm³/mol. The van der Waals surface area contributed by atoms with E-state index in [-0.39, 0.29) is 5.69 Å². The van der Waals surface area contributed by atoms with Gasteiger partial charge in [-0.2, -0.15) is 13.2 Å². The van der Waals surface area contributed by atoms with E-state index in [4.69, 9.17) is 4.74 Å². The number of amides is 3. The molecule has 0 saturated carbocycles. The standard InChI is InChI=1S/C22H17F3N4O3/c1-2-14-8-16(5-6-19(14)32-18-4-3-7-26-12-18)29-20(30)13-28(21(29)31)17-9-15(10-27-11-17)22(23,24)25/h3-12H,2,13H2,1H3. The van der Waals surface area contributed by atoms with Crippen molar-refractivity contribution in [3.8, 4) is 11.5 Å². The van der Waals surface area contributed by atoms with Gasteiger partial charge in [0.05, 0.1) is 29.3 Å². The van der Waals surface area contributed by atoms with Crippen LogP contribution >= 0.6 is 0 Å². The molecular weight excluding hydrogens is 425 g/mol. The Kier molecular flexibility index (Phi) is 5.52. The van der Waals surface area contributed by atoms with Crippen LogP contribution in [0.3, 0.4) is 0 Å². The minimum atomic E-state index is -4.62. The van der Waals surface area contributed by atoms with Crippen molar-refractivity contribution in [1.29, 1.82) is 0 Å². The first-order valence-corrected chi connectivity index (χ1v) is 9.65. The van der Waals surface area contributed by atoms with Crippen molar-refractivity contribution in [3.05, 3.63) is 72.3 Å². The average Bonchev–Trinajstić information content (AvgIpc) is 3.08. The molecule has 0 atom stereocenters. The molecule has 1 saturated heterocycles. The second-order valence-electron chi connectivity index (χ2n) is 6.96. The molecule has 1 aliphatic heterocycles. The second kappa shape index (κ2) is 8.29. The lowest BCUT2D eigenvalue weighted by atomic mass is 10.1. The molecule has 3 aromatic rings. The molecule has 164 valence electrons. The quantitative estimate of drug-likeness (QED) is 0.530. The fourth-order valence-electron chi connectivity index (χ4n) is 3.30. The molecule has 4 rings (SSSR count). The number of urea groups is 1. The Morgan fingerprint density at radius 1 is 1.03 bits per heavy atom. The van der Waals surface area contributed by atoms with E-state index in [1.807, 2.05) is 6.92 Å². The molecule has 10 heteroatoms. The van der Waals surface area contributed by atoms with Gasteiger partial charge in [0.1, 0.15) is 18.0 Å². The predicted octanol–water partition coefficient (Wildman–Crippen LogP) is 4.82. The molecular formula is C22H17F3N4O3. The number of alkyl halides is 3. The maximum Gasteiger partial charge on any atom is 0.417 e. The van der Waals surface area contributed by atoms with E-state index in [2.05, 4.69) is 9.97 Å². The van der Waals surface area contributed by atoms with E-state index in [9.17, 15) is 22.8 Å². The lowest BCUT2D eigenvalue weighted by Gasteiger charge is -2.19. The SMILES string of the molecule is CCc1cc(N2C(=O)CN(c3cncc(C(F)(F)F)c3)C2=O)ccc1Oc1cccnc1. The second-order valence-corrected chi connectivity index (χ2v) is 6.96. The zero-order valence-corrected chi connectivity index (χ0v) is 16.8. The lowest BCUT2D eigenvalue weighted by molar-refractivity contribution is -0.137. The summed E-state index contributed by atoms with van der Waals surface area (Å²) in [4.78, 5) is 35.0. The first kappa shape index (κ1) is 21.3. The van der Waals surface area contributed by atoms with Crippen LogP contribution in [0, 0.1) is 0 Å². The third-order valence-corrected chi connectivity index (χ3v) is 4.87. The van der Waals surface area contributed by atoms with Crippen LogP contribution < -0.4 is 14.5 Å². The van der Waals surface area contributed by atoms with Crippen molar-refractivity contribution >= 4 is 23.3 Å². The van der Waals surface area contributed by atoms with Gasteiger partial charge in [-0.05, 0) is 48.4 Å². The number of imide groups is 1. The summed E-state index contributed by atoms with van der Waals surface area (Å²) < 4.78 is 44.9. The molecule has 0 aliphatic carbocycles. The number of aromatic nitrogens is 2. The van der Waals surface area contributed by atoms with Crippen molar-refractivity contribution in [1.82, 2.24) is 9.97 Å². The summed E-state index contributed by atoms with van der Waals surface area (Å²) in [5.74, 6) is 0.518. The Morgan fingerprint density at radius 3 is 2.53 bits per heavy atom.